The van der Waals surface area contributed by atoms with Gasteiger partial charge in [0.15, 0.2) is 0 Å². The minimum Gasteiger partial charge on any atom is -0.508 e. The van der Waals surface area contributed by atoms with Gasteiger partial charge in [0.25, 0.3) is 0 Å². The highest BCUT2D eigenvalue weighted by atomic mass is 16.6. The number of hydrogen-bond donors (Lipinski definition) is 2. The maximum Gasteiger partial charge on any atom is 0.118 e. The van der Waals surface area contributed by atoms with Crippen LogP contribution in [-0.4, -0.2) is 5.11 Å². The van der Waals surface area contributed by atoms with E-state index < -0.39 is 0 Å². The van der Waals surface area contributed by atoms with Crippen LogP contribution in [0.15, 0.2) is 55.1 Å². The molecule has 2 N–H and O–H groups in total. The SMILES string of the molecule is C=C(NOCc1ccccc1)c1ccc(O)c(C)c1. The molecule has 0 aliphatic rings. The standard InChI is InChI=1S/C16H17NO2/c1-12-10-15(8-9-16(12)18)13(2)17-19-11-14-6-4-3-5-7-14/h3-10,17-18H,2,11H2,1H3. The highest BCUT2D eigenvalue weighted by molar-refractivity contribution is 5.62. The van der Waals surface area contributed by atoms with Crippen LogP contribution in [0, 0.1) is 6.92 Å². The molecule has 0 radical (unpaired) electrons. The Kier molecular flexibility index (Phi) is 4.21. The van der Waals surface area contributed by atoms with E-state index in [1.807, 2.05) is 43.3 Å². The molecule has 3 nitrogen and oxygen atoms in total. The summed E-state index contributed by atoms with van der Waals surface area (Å²) < 4.78 is 0. The minimum atomic E-state index is 0.279. The zero-order valence-electron chi connectivity index (χ0n) is 10.9. The second-order valence-corrected chi connectivity index (χ2v) is 4.36. The number of hydrogen-bond acceptors (Lipinski definition) is 3. The first-order valence-electron chi connectivity index (χ1n) is 6.07. The molecule has 2 aromatic rings. The summed E-state index contributed by atoms with van der Waals surface area (Å²) in [5, 5.41) is 9.47. The molecular weight excluding hydrogens is 238 g/mol. The lowest BCUT2D eigenvalue weighted by atomic mass is 10.1. The van der Waals surface area contributed by atoms with E-state index in [1.54, 1.807) is 12.1 Å². The van der Waals surface area contributed by atoms with E-state index in [2.05, 4.69) is 12.1 Å². The molecule has 0 bridgehead atoms. The molecule has 0 aromatic heterocycles. The summed E-state index contributed by atoms with van der Waals surface area (Å²) in [4.78, 5) is 5.39. The van der Waals surface area contributed by atoms with Crippen LogP contribution in [0.1, 0.15) is 16.7 Å². The molecule has 19 heavy (non-hydrogen) atoms. The smallest absolute Gasteiger partial charge is 0.118 e. The van der Waals surface area contributed by atoms with Gasteiger partial charge in [-0.1, -0.05) is 36.9 Å². The number of aromatic hydroxyl groups is 1. The largest absolute Gasteiger partial charge is 0.508 e. The Morgan fingerprint density at radius 3 is 2.63 bits per heavy atom. The predicted molar refractivity (Wildman–Crippen MR) is 76.2 cm³/mol. The predicted octanol–water partition coefficient (Wildman–Crippen LogP) is 3.39. The fourth-order valence-corrected chi connectivity index (χ4v) is 1.68. The Morgan fingerprint density at radius 1 is 1.21 bits per heavy atom. The lowest BCUT2D eigenvalue weighted by molar-refractivity contribution is 0.0648. The van der Waals surface area contributed by atoms with Gasteiger partial charge in [0, 0.05) is 0 Å². The average Bonchev–Trinajstić information content (AvgIpc) is 2.43. The van der Waals surface area contributed by atoms with Gasteiger partial charge in [0.05, 0.1) is 12.3 Å². The van der Waals surface area contributed by atoms with Crippen molar-refractivity contribution in [2.45, 2.75) is 13.5 Å². The van der Waals surface area contributed by atoms with Gasteiger partial charge in [-0.2, -0.15) is 0 Å². The highest BCUT2D eigenvalue weighted by Gasteiger charge is 2.02. The zero-order valence-corrected chi connectivity index (χ0v) is 10.9. The molecule has 0 saturated carbocycles. The van der Waals surface area contributed by atoms with E-state index in [9.17, 15) is 5.11 Å². The third-order valence-electron chi connectivity index (χ3n) is 2.82. The van der Waals surface area contributed by atoms with Gasteiger partial charge in [-0.3, -0.25) is 10.3 Å². The lowest BCUT2D eigenvalue weighted by Crippen LogP contribution is -2.12. The number of rotatable bonds is 5. The van der Waals surface area contributed by atoms with Crippen LogP contribution in [0.3, 0.4) is 0 Å². The molecule has 0 aliphatic heterocycles. The Hall–Kier alpha value is -2.26. The fourth-order valence-electron chi connectivity index (χ4n) is 1.68. The fraction of sp³-hybridized carbons (Fsp3) is 0.125. The van der Waals surface area contributed by atoms with Crippen molar-refractivity contribution in [3.8, 4) is 5.75 Å². The van der Waals surface area contributed by atoms with Crippen molar-refractivity contribution in [1.82, 2.24) is 5.48 Å². The van der Waals surface area contributed by atoms with Crippen LogP contribution < -0.4 is 5.48 Å². The molecule has 0 saturated heterocycles. The third kappa shape index (κ3) is 3.60. The highest BCUT2D eigenvalue weighted by Crippen LogP contribution is 2.20. The molecule has 0 fully saturated rings. The summed E-state index contributed by atoms with van der Waals surface area (Å²) in [5.41, 5.74) is 6.27. The molecule has 0 aliphatic carbocycles. The lowest BCUT2D eigenvalue weighted by Gasteiger charge is -2.11. The molecule has 0 spiro atoms. The monoisotopic (exact) mass is 255 g/mol. The summed E-state index contributed by atoms with van der Waals surface area (Å²) in [5.74, 6) is 0.279. The maximum absolute atomic E-state index is 9.47. The molecule has 2 rings (SSSR count). The van der Waals surface area contributed by atoms with Crippen molar-refractivity contribution in [3.63, 3.8) is 0 Å². The van der Waals surface area contributed by atoms with Gasteiger partial charge in [-0.05, 0) is 41.8 Å². The first-order valence-corrected chi connectivity index (χ1v) is 6.07. The van der Waals surface area contributed by atoms with E-state index in [1.165, 1.54) is 0 Å². The number of aryl methyl sites for hydroxylation is 1. The normalized spacial score (nSPS) is 10.2. The molecule has 98 valence electrons. The zero-order chi connectivity index (χ0) is 13.7. The van der Waals surface area contributed by atoms with E-state index in [0.717, 1.165) is 16.7 Å². The van der Waals surface area contributed by atoms with E-state index in [-0.39, 0.29) is 5.75 Å². The number of benzene rings is 2. The van der Waals surface area contributed by atoms with Crippen molar-refractivity contribution >= 4 is 5.70 Å². The maximum atomic E-state index is 9.47. The van der Waals surface area contributed by atoms with E-state index >= 15 is 0 Å². The van der Waals surface area contributed by atoms with Gasteiger partial charge in [0.1, 0.15) is 5.75 Å². The first-order chi connectivity index (χ1) is 9.16. The molecule has 0 unspecified atom stereocenters. The number of hydroxylamine groups is 1. The van der Waals surface area contributed by atoms with Crippen LogP contribution in [0.25, 0.3) is 5.70 Å². The van der Waals surface area contributed by atoms with Gasteiger partial charge < -0.3 is 5.11 Å². The van der Waals surface area contributed by atoms with Crippen molar-refractivity contribution < 1.29 is 9.94 Å². The second kappa shape index (κ2) is 6.07. The Balaban J connectivity index is 1.89. The van der Waals surface area contributed by atoms with E-state index in [4.69, 9.17) is 4.84 Å². The van der Waals surface area contributed by atoms with Gasteiger partial charge in [0.2, 0.25) is 0 Å². The topological polar surface area (TPSA) is 41.5 Å². The molecule has 2 aromatic carbocycles. The van der Waals surface area contributed by atoms with Crippen LogP contribution in [0.4, 0.5) is 0 Å². The van der Waals surface area contributed by atoms with Crippen molar-refractivity contribution in [2.75, 3.05) is 0 Å². The molecular formula is C16H17NO2. The van der Waals surface area contributed by atoms with Gasteiger partial charge in [-0.15, -0.1) is 0 Å². The Labute approximate surface area is 113 Å². The van der Waals surface area contributed by atoms with Crippen molar-refractivity contribution in [3.05, 3.63) is 71.8 Å². The Bertz CT molecular complexity index is 564. The second-order valence-electron chi connectivity index (χ2n) is 4.36. The van der Waals surface area contributed by atoms with E-state index in [0.29, 0.717) is 12.3 Å². The number of phenols is 1. The van der Waals surface area contributed by atoms with Crippen molar-refractivity contribution in [1.29, 1.82) is 0 Å². The summed E-state index contributed by atoms with van der Waals surface area (Å²) in [6.07, 6.45) is 0. The summed E-state index contributed by atoms with van der Waals surface area (Å²) >= 11 is 0. The Morgan fingerprint density at radius 2 is 1.95 bits per heavy atom. The minimum absolute atomic E-state index is 0.279. The summed E-state index contributed by atoms with van der Waals surface area (Å²) in [6, 6.07) is 15.2. The molecule has 3 heteroatoms. The van der Waals surface area contributed by atoms with Crippen LogP contribution in [-0.2, 0) is 11.4 Å². The summed E-state index contributed by atoms with van der Waals surface area (Å²) in [6.45, 7) is 6.22. The molecule has 0 amide bonds. The first kappa shape index (κ1) is 13.2. The third-order valence-corrected chi connectivity index (χ3v) is 2.82. The molecule has 0 heterocycles. The quantitative estimate of drug-likeness (QED) is 0.805. The number of phenolic OH excluding ortho intramolecular Hbond substituents is 1. The summed E-state index contributed by atoms with van der Waals surface area (Å²) in [7, 11) is 0. The van der Waals surface area contributed by atoms with Crippen LogP contribution in [0.2, 0.25) is 0 Å². The van der Waals surface area contributed by atoms with Crippen molar-refractivity contribution in [2.24, 2.45) is 0 Å². The van der Waals surface area contributed by atoms with Gasteiger partial charge in [-0.25, -0.2) is 0 Å². The average molecular weight is 255 g/mol. The van der Waals surface area contributed by atoms with Crippen LogP contribution in [0.5, 0.6) is 5.75 Å². The van der Waals surface area contributed by atoms with Crippen LogP contribution >= 0.6 is 0 Å². The number of nitrogens with one attached hydrogen (secondary N) is 1. The molecule has 0 atom stereocenters. The van der Waals surface area contributed by atoms with Gasteiger partial charge >= 0.3 is 0 Å².